The molecule has 2 heterocycles. The zero-order chi connectivity index (χ0) is 17.9. The zero-order valence-corrected chi connectivity index (χ0v) is 14.9. The number of nitrogens with one attached hydrogen (secondary N) is 1. The molecule has 0 bridgehead atoms. The average Bonchev–Trinajstić information content (AvgIpc) is 2.61. The summed E-state index contributed by atoms with van der Waals surface area (Å²) < 4.78 is 27.7. The summed E-state index contributed by atoms with van der Waals surface area (Å²) in [6.07, 6.45) is 5.60. The molecule has 1 N–H and O–H groups in total. The summed E-state index contributed by atoms with van der Waals surface area (Å²) in [5.74, 6) is -0.0221. The Bertz CT molecular complexity index is 866. The molecule has 2 aromatic rings. The van der Waals surface area contributed by atoms with Gasteiger partial charge >= 0.3 is 0 Å². The van der Waals surface area contributed by atoms with Crippen LogP contribution < -0.4 is 9.62 Å². The van der Waals surface area contributed by atoms with Crippen LogP contribution in [0.15, 0.2) is 47.6 Å². The predicted octanol–water partition coefficient (Wildman–Crippen LogP) is 1.90. The first-order chi connectivity index (χ1) is 12.0. The van der Waals surface area contributed by atoms with E-state index in [4.69, 9.17) is 0 Å². The van der Waals surface area contributed by atoms with Crippen molar-refractivity contribution in [3.8, 4) is 0 Å². The van der Waals surface area contributed by atoms with E-state index in [1.54, 1.807) is 35.5 Å². The van der Waals surface area contributed by atoms with Crippen molar-refractivity contribution >= 4 is 21.6 Å². The molecule has 0 atom stereocenters. The summed E-state index contributed by atoms with van der Waals surface area (Å²) in [6.45, 7) is 2.52. The van der Waals surface area contributed by atoms with E-state index in [2.05, 4.69) is 9.71 Å². The van der Waals surface area contributed by atoms with Crippen molar-refractivity contribution < 1.29 is 13.2 Å². The highest BCUT2D eigenvalue weighted by Crippen LogP contribution is 2.29. The molecule has 1 aromatic carbocycles. The van der Waals surface area contributed by atoms with Crippen molar-refractivity contribution in [1.29, 1.82) is 0 Å². The highest BCUT2D eigenvalue weighted by molar-refractivity contribution is 7.89. The third-order valence-corrected chi connectivity index (χ3v) is 5.75. The summed E-state index contributed by atoms with van der Waals surface area (Å²) >= 11 is 0. The number of aryl methyl sites for hydroxylation is 1. The monoisotopic (exact) mass is 359 g/mol. The fraction of sp³-hybridized carbons (Fsp3) is 0.333. The van der Waals surface area contributed by atoms with Crippen LogP contribution in [0.25, 0.3) is 0 Å². The lowest BCUT2D eigenvalue weighted by Gasteiger charge is -2.28. The molecule has 6 nitrogen and oxygen atoms in total. The van der Waals surface area contributed by atoms with Crippen LogP contribution in [0, 0.1) is 0 Å². The number of carbonyl (C=O) groups excluding carboxylic acids is 1. The van der Waals surface area contributed by atoms with E-state index in [-0.39, 0.29) is 10.8 Å². The first kappa shape index (κ1) is 17.6. The topological polar surface area (TPSA) is 79.4 Å². The smallest absolute Gasteiger partial charge is 0.240 e. The quantitative estimate of drug-likeness (QED) is 0.884. The zero-order valence-electron chi connectivity index (χ0n) is 14.1. The molecule has 0 spiro atoms. The molecule has 0 unspecified atom stereocenters. The van der Waals surface area contributed by atoms with Crippen molar-refractivity contribution in [2.24, 2.45) is 0 Å². The minimum Gasteiger partial charge on any atom is -0.312 e. The van der Waals surface area contributed by atoms with Gasteiger partial charge in [0.15, 0.2) is 0 Å². The van der Waals surface area contributed by atoms with Crippen LogP contribution in [0.4, 0.5) is 5.69 Å². The number of aromatic nitrogens is 1. The summed E-state index contributed by atoms with van der Waals surface area (Å²) in [5, 5.41) is 0. The lowest BCUT2D eigenvalue weighted by molar-refractivity contribution is -0.116. The first-order valence-electron chi connectivity index (χ1n) is 8.27. The van der Waals surface area contributed by atoms with Gasteiger partial charge in [0, 0.05) is 38.1 Å². The van der Waals surface area contributed by atoms with E-state index in [0.717, 1.165) is 29.7 Å². The maximum absolute atomic E-state index is 12.5. The summed E-state index contributed by atoms with van der Waals surface area (Å²) in [7, 11) is -3.58. The SMILES string of the molecule is CC(=O)N1CCCc2cc(S(=O)(=O)NCCc3cccnc3)ccc21. The fourth-order valence-corrected chi connectivity index (χ4v) is 4.11. The molecule has 132 valence electrons. The molecule has 0 aliphatic carbocycles. The molecule has 3 rings (SSSR count). The number of carbonyl (C=O) groups is 1. The number of hydrogen-bond acceptors (Lipinski definition) is 4. The van der Waals surface area contributed by atoms with Crippen molar-refractivity contribution in [2.75, 3.05) is 18.0 Å². The number of pyridine rings is 1. The first-order valence-corrected chi connectivity index (χ1v) is 9.75. The second-order valence-electron chi connectivity index (χ2n) is 6.07. The van der Waals surface area contributed by atoms with E-state index in [0.29, 0.717) is 19.5 Å². The van der Waals surface area contributed by atoms with E-state index in [9.17, 15) is 13.2 Å². The van der Waals surface area contributed by atoms with Crippen LogP contribution in [-0.2, 0) is 27.7 Å². The lowest BCUT2D eigenvalue weighted by Crippen LogP contribution is -2.33. The van der Waals surface area contributed by atoms with Gasteiger partial charge in [-0.25, -0.2) is 13.1 Å². The largest absolute Gasteiger partial charge is 0.312 e. The van der Waals surface area contributed by atoms with E-state index in [1.165, 1.54) is 6.92 Å². The highest BCUT2D eigenvalue weighted by Gasteiger charge is 2.22. The second-order valence-corrected chi connectivity index (χ2v) is 7.84. The Morgan fingerprint density at radius 1 is 1.32 bits per heavy atom. The van der Waals surface area contributed by atoms with Crippen LogP contribution in [-0.4, -0.2) is 32.4 Å². The van der Waals surface area contributed by atoms with Gasteiger partial charge < -0.3 is 4.90 Å². The maximum atomic E-state index is 12.5. The van der Waals surface area contributed by atoms with Gasteiger partial charge in [0.25, 0.3) is 0 Å². The molecular weight excluding hydrogens is 338 g/mol. The number of rotatable bonds is 5. The number of anilines is 1. The Hall–Kier alpha value is -2.25. The molecule has 0 saturated heterocycles. The summed E-state index contributed by atoms with van der Waals surface area (Å²) in [4.78, 5) is 17.7. The van der Waals surface area contributed by atoms with Crippen molar-refractivity contribution in [3.63, 3.8) is 0 Å². The Kier molecular flexibility index (Phi) is 5.15. The van der Waals surface area contributed by atoms with Crippen molar-refractivity contribution in [3.05, 3.63) is 53.9 Å². The summed E-state index contributed by atoms with van der Waals surface area (Å²) in [6, 6.07) is 8.71. The van der Waals surface area contributed by atoms with Crippen molar-refractivity contribution in [1.82, 2.24) is 9.71 Å². The molecule has 1 amide bonds. The minimum atomic E-state index is -3.58. The molecule has 0 saturated carbocycles. The second kappa shape index (κ2) is 7.33. The normalized spacial score (nSPS) is 14.2. The predicted molar refractivity (Wildman–Crippen MR) is 95.9 cm³/mol. The Morgan fingerprint density at radius 2 is 2.16 bits per heavy atom. The third kappa shape index (κ3) is 4.05. The van der Waals surface area contributed by atoms with Gasteiger partial charge in [-0.1, -0.05) is 6.07 Å². The molecule has 1 aromatic heterocycles. The molecule has 1 aliphatic rings. The van der Waals surface area contributed by atoms with Crippen molar-refractivity contribution in [2.45, 2.75) is 31.1 Å². The van der Waals surface area contributed by atoms with Gasteiger partial charge in [0.05, 0.1) is 4.90 Å². The molecule has 0 fully saturated rings. The third-order valence-electron chi connectivity index (χ3n) is 4.29. The van der Waals surface area contributed by atoms with Crippen LogP contribution in [0.1, 0.15) is 24.5 Å². The van der Waals surface area contributed by atoms with E-state index < -0.39 is 10.0 Å². The number of fused-ring (bicyclic) bond motifs is 1. The van der Waals surface area contributed by atoms with Crippen LogP contribution in [0.2, 0.25) is 0 Å². The Morgan fingerprint density at radius 3 is 2.88 bits per heavy atom. The van der Waals surface area contributed by atoms with Gasteiger partial charge in [0.2, 0.25) is 15.9 Å². The number of hydrogen-bond donors (Lipinski definition) is 1. The van der Waals surface area contributed by atoms with E-state index in [1.807, 2.05) is 12.1 Å². The minimum absolute atomic E-state index is 0.0221. The molecule has 1 aliphatic heterocycles. The lowest BCUT2D eigenvalue weighted by atomic mass is 10.0. The van der Waals surface area contributed by atoms with Crippen LogP contribution in [0.5, 0.6) is 0 Å². The summed E-state index contributed by atoms with van der Waals surface area (Å²) in [5.41, 5.74) is 2.69. The van der Waals surface area contributed by atoms with Gasteiger partial charge in [-0.2, -0.15) is 0 Å². The van der Waals surface area contributed by atoms with Gasteiger partial charge in [-0.05, 0) is 54.7 Å². The van der Waals surface area contributed by atoms with Gasteiger partial charge in [-0.15, -0.1) is 0 Å². The highest BCUT2D eigenvalue weighted by atomic mass is 32.2. The van der Waals surface area contributed by atoms with Crippen LogP contribution in [0.3, 0.4) is 0 Å². The number of amides is 1. The van der Waals surface area contributed by atoms with Gasteiger partial charge in [0.1, 0.15) is 0 Å². The van der Waals surface area contributed by atoms with E-state index >= 15 is 0 Å². The molecule has 0 radical (unpaired) electrons. The average molecular weight is 359 g/mol. The standard InChI is InChI=1S/C18H21N3O3S/c1-14(22)21-11-3-5-16-12-17(6-7-18(16)21)25(23,24)20-10-8-15-4-2-9-19-13-15/h2,4,6-7,9,12-13,20H,3,5,8,10-11H2,1H3. The maximum Gasteiger partial charge on any atom is 0.240 e. The number of benzene rings is 1. The molecule has 25 heavy (non-hydrogen) atoms. The number of nitrogens with zero attached hydrogens (tertiary/aromatic N) is 2. The Balaban J connectivity index is 1.73. The Labute approximate surface area is 147 Å². The number of sulfonamides is 1. The van der Waals surface area contributed by atoms with Crippen LogP contribution >= 0.6 is 0 Å². The fourth-order valence-electron chi connectivity index (χ4n) is 3.03. The molecular formula is C18H21N3O3S. The van der Waals surface area contributed by atoms with Gasteiger partial charge in [-0.3, -0.25) is 9.78 Å². The molecule has 7 heteroatoms.